The van der Waals surface area contributed by atoms with Crippen molar-refractivity contribution in [3.05, 3.63) is 29.8 Å². The highest BCUT2D eigenvalue weighted by molar-refractivity contribution is 7.98. The van der Waals surface area contributed by atoms with Crippen molar-refractivity contribution in [2.24, 2.45) is 0 Å². The van der Waals surface area contributed by atoms with Crippen molar-refractivity contribution in [2.75, 3.05) is 24.0 Å². The van der Waals surface area contributed by atoms with Gasteiger partial charge in [0, 0.05) is 12.7 Å². The van der Waals surface area contributed by atoms with E-state index in [2.05, 4.69) is 5.32 Å². The van der Waals surface area contributed by atoms with Crippen LogP contribution in [0.15, 0.2) is 24.3 Å². The SMILES string of the molecule is CSCC[C@H](NC(=O)N(C)c1ccc(C#N)cc1)C(=O)O. The third-order valence-corrected chi connectivity index (χ3v) is 3.54. The number of carbonyl (C=O) groups is 2. The molecule has 0 aliphatic heterocycles. The first-order valence-corrected chi connectivity index (χ1v) is 7.65. The lowest BCUT2D eigenvalue weighted by atomic mass is 10.2. The minimum atomic E-state index is -1.05. The van der Waals surface area contributed by atoms with Gasteiger partial charge < -0.3 is 10.4 Å². The number of anilines is 1. The van der Waals surface area contributed by atoms with Crippen LogP contribution in [0.25, 0.3) is 0 Å². The van der Waals surface area contributed by atoms with Gasteiger partial charge in [-0.3, -0.25) is 4.90 Å². The third kappa shape index (κ3) is 5.00. The molecule has 0 aliphatic carbocycles. The highest BCUT2D eigenvalue weighted by atomic mass is 32.2. The number of carbonyl (C=O) groups excluding carboxylic acids is 1. The maximum atomic E-state index is 12.1. The molecule has 2 N–H and O–H groups in total. The van der Waals surface area contributed by atoms with Crippen LogP contribution in [0, 0.1) is 11.3 Å². The molecule has 21 heavy (non-hydrogen) atoms. The van der Waals surface area contributed by atoms with Gasteiger partial charge in [0.05, 0.1) is 11.6 Å². The fourth-order valence-corrected chi connectivity index (χ4v) is 2.09. The standard InChI is InChI=1S/C14H17N3O3S/c1-17(11-5-3-10(9-15)4-6-11)14(20)16-12(13(18)19)7-8-21-2/h3-6,12H,7-8H2,1-2H3,(H,16,20)(H,18,19)/t12-/m0/s1. The van der Waals surface area contributed by atoms with Crippen LogP contribution in [-0.4, -0.2) is 42.2 Å². The lowest BCUT2D eigenvalue weighted by Gasteiger charge is -2.21. The molecule has 1 rings (SSSR count). The quantitative estimate of drug-likeness (QED) is 0.837. The molecule has 112 valence electrons. The Morgan fingerprint density at radius 1 is 1.43 bits per heavy atom. The van der Waals surface area contributed by atoms with E-state index in [0.717, 1.165) is 0 Å². The lowest BCUT2D eigenvalue weighted by molar-refractivity contribution is -0.139. The smallest absolute Gasteiger partial charge is 0.326 e. The summed E-state index contributed by atoms with van der Waals surface area (Å²) in [6.45, 7) is 0. The van der Waals surface area contributed by atoms with Gasteiger partial charge in [0.2, 0.25) is 0 Å². The average Bonchev–Trinajstić information content (AvgIpc) is 2.50. The topological polar surface area (TPSA) is 93.4 Å². The van der Waals surface area contributed by atoms with Crippen molar-refractivity contribution >= 4 is 29.4 Å². The molecule has 0 fully saturated rings. The van der Waals surface area contributed by atoms with Crippen LogP contribution in [0.2, 0.25) is 0 Å². The van der Waals surface area contributed by atoms with Crippen LogP contribution in [0.5, 0.6) is 0 Å². The zero-order valence-electron chi connectivity index (χ0n) is 11.9. The van der Waals surface area contributed by atoms with Crippen LogP contribution < -0.4 is 10.2 Å². The molecule has 6 nitrogen and oxygen atoms in total. The van der Waals surface area contributed by atoms with Gasteiger partial charge in [-0.25, -0.2) is 9.59 Å². The number of aliphatic carboxylic acids is 1. The maximum absolute atomic E-state index is 12.1. The average molecular weight is 307 g/mol. The maximum Gasteiger partial charge on any atom is 0.326 e. The van der Waals surface area contributed by atoms with Crippen molar-refractivity contribution in [3.63, 3.8) is 0 Å². The van der Waals surface area contributed by atoms with Gasteiger partial charge in [-0.05, 0) is 42.7 Å². The zero-order chi connectivity index (χ0) is 15.8. The molecular formula is C14H17N3O3S. The molecule has 0 aliphatic rings. The van der Waals surface area contributed by atoms with E-state index in [1.165, 1.54) is 16.7 Å². The predicted molar refractivity (Wildman–Crippen MR) is 82.5 cm³/mol. The molecule has 2 amide bonds. The number of hydrogen-bond acceptors (Lipinski definition) is 4. The summed E-state index contributed by atoms with van der Waals surface area (Å²) >= 11 is 1.52. The van der Waals surface area contributed by atoms with E-state index < -0.39 is 18.0 Å². The fourth-order valence-electron chi connectivity index (χ4n) is 1.62. The number of rotatable bonds is 6. The second kappa shape index (κ2) is 8.17. The number of thioether (sulfide) groups is 1. The summed E-state index contributed by atoms with van der Waals surface area (Å²) in [5.74, 6) is -0.400. The van der Waals surface area contributed by atoms with E-state index in [9.17, 15) is 9.59 Å². The van der Waals surface area contributed by atoms with Crippen molar-refractivity contribution < 1.29 is 14.7 Å². The van der Waals surface area contributed by atoms with E-state index in [-0.39, 0.29) is 0 Å². The Hall–Kier alpha value is -2.20. The number of hydrogen-bond donors (Lipinski definition) is 2. The summed E-state index contributed by atoms with van der Waals surface area (Å²) in [5, 5.41) is 20.3. The number of nitrogens with zero attached hydrogens (tertiary/aromatic N) is 2. The zero-order valence-corrected chi connectivity index (χ0v) is 12.7. The molecule has 0 radical (unpaired) electrons. The molecule has 0 spiro atoms. The highest BCUT2D eigenvalue weighted by Gasteiger charge is 2.21. The minimum absolute atomic E-state index is 0.365. The molecule has 0 saturated heterocycles. The van der Waals surface area contributed by atoms with E-state index in [1.54, 1.807) is 31.3 Å². The van der Waals surface area contributed by atoms with Crippen molar-refractivity contribution in [1.82, 2.24) is 5.32 Å². The van der Waals surface area contributed by atoms with Crippen LogP contribution in [0.3, 0.4) is 0 Å². The molecule has 0 heterocycles. The summed E-state index contributed by atoms with van der Waals surface area (Å²) in [6, 6.07) is 7.06. The Morgan fingerprint density at radius 2 is 2.05 bits per heavy atom. The first-order valence-electron chi connectivity index (χ1n) is 6.25. The molecule has 0 bridgehead atoms. The van der Waals surface area contributed by atoms with Crippen LogP contribution in [0.4, 0.5) is 10.5 Å². The largest absolute Gasteiger partial charge is 0.480 e. The molecule has 0 saturated carbocycles. The van der Waals surface area contributed by atoms with E-state index in [4.69, 9.17) is 10.4 Å². The Balaban J connectivity index is 2.71. The minimum Gasteiger partial charge on any atom is -0.480 e. The van der Waals surface area contributed by atoms with Crippen LogP contribution in [-0.2, 0) is 4.79 Å². The molecule has 1 aromatic rings. The van der Waals surface area contributed by atoms with Crippen molar-refractivity contribution in [3.8, 4) is 6.07 Å². The Labute approximate surface area is 127 Å². The number of urea groups is 1. The van der Waals surface area contributed by atoms with E-state index in [0.29, 0.717) is 23.4 Å². The van der Waals surface area contributed by atoms with Crippen LogP contribution in [0.1, 0.15) is 12.0 Å². The second-order valence-electron chi connectivity index (χ2n) is 4.34. The summed E-state index contributed by atoms with van der Waals surface area (Å²) in [5.41, 5.74) is 1.08. The molecule has 0 unspecified atom stereocenters. The van der Waals surface area contributed by atoms with Gasteiger partial charge in [-0.1, -0.05) is 0 Å². The molecule has 1 atom stereocenters. The number of carboxylic acid groups (broad SMARTS) is 1. The van der Waals surface area contributed by atoms with Gasteiger partial charge in [-0.2, -0.15) is 17.0 Å². The summed E-state index contributed by atoms with van der Waals surface area (Å²) in [6.07, 6.45) is 2.24. The van der Waals surface area contributed by atoms with Gasteiger partial charge in [-0.15, -0.1) is 0 Å². The Bertz CT molecular complexity index is 539. The lowest BCUT2D eigenvalue weighted by Crippen LogP contribution is -2.47. The summed E-state index contributed by atoms with van der Waals surface area (Å²) in [4.78, 5) is 24.5. The second-order valence-corrected chi connectivity index (χ2v) is 5.33. The molecule has 1 aromatic carbocycles. The molecular weight excluding hydrogens is 290 g/mol. The first-order chi connectivity index (χ1) is 9.99. The first kappa shape index (κ1) is 16.9. The van der Waals surface area contributed by atoms with Crippen molar-refractivity contribution in [2.45, 2.75) is 12.5 Å². The van der Waals surface area contributed by atoms with Gasteiger partial charge in [0.15, 0.2) is 0 Å². The molecule has 7 heteroatoms. The third-order valence-electron chi connectivity index (χ3n) is 2.89. The number of nitrogens with one attached hydrogen (secondary N) is 1. The monoisotopic (exact) mass is 307 g/mol. The number of benzene rings is 1. The normalized spacial score (nSPS) is 11.3. The van der Waals surface area contributed by atoms with Gasteiger partial charge in [0.25, 0.3) is 0 Å². The fraction of sp³-hybridized carbons (Fsp3) is 0.357. The Kier molecular flexibility index (Phi) is 6.56. The van der Waals surface area contributed by atoms with Crippen molar-refractivity contribution in [1.29, 1.82) is 5.26 Å². The number of amides is 2. The predicted octanol–water partition coefficient (Wildman–Crippen LogP) is 1.91. The van der Waals surface area contributed by atoms with E-state index >= 15 is 0 Å². The van der Waals surface area contributed by atoms with Gasteiger partial charge >= 0.3 is 12.0 Å². The summed E-state index contributed by atoms with van der Waals surface area (Å²) < 4.78 is 0. The molecule has 0 aromatic heterocycles. The highest BCUT2D eigenvalue weighted by Crippen LogP contribution is 2.14. The van der Waals surface area contributed by atoms with Crippen LogP contribution >= 0.6 is 11.8 Å². The Morgan fingerprint density at radius 3 is 2.52 bits per heavy atom. The number of nitriles is 1. The van der Waals surface area contributed by atoms with Gasteiger partial charge in [0.1, 0.15) is 6.04 Å². The summed E-state index contributed by atoms with van der Waals surface area (Å²) in [7, 11) is 1.55. The number of carboxylic acids is 1. The van der Waals surface area contributed by atoms with E-state index in [1.807, 2.05) is 12.3 Å².